The minimum Gasteiger partial charge on any atom is -0.481 e. The number of non-ortho nitro benzene ring substituents is 1. The number of nitrogens with one attached hydrogen (secondary N) is 4. The second kappa shape index (κ2) is 17.2. The van der Waals surface area contributed by atoms with Crippen LogP contribution in [-0.4, -0.2) is 88.6 Å². The molecule has 2 rings (SSSR count). The molecule has 0 spiro atoms. The average molecular weight is 749 g/mol. The molecule has 0 fully saturated rings. The average Bonchev–Trinajstić information content (AvgIpc) is 3.30. The Morgan fingerprint density at radius 2 is 1.60 bits per heavy atom. The van der Waals surface area contributed by atoms with Gasteiger partial charge in [-0.05, 0) is 54.3 Å². The number of carbonyl (C=O) groups excluding carboxylic acids is 2. The zero-order valence-electron chi connectivity index (χ0n) is 23.2. The largest absolute Gasteiger partial charge is 0.481 e. The van der Waals surface area contributed by atoms with E-state index in [0.29, 0.717) is 15.8 Å². The minimum atomic E-state index is -1.53. The number of aromatic nitrogens is 3. The van der Waals surface area contributed by atoms with Gasteiger partial charge in [0.05, 0.1) is 28.2 Å². The Morgan fingerprint density at radius 3 is 2.18 bits per heavy atom. The molecule has 0 aliphatic rings. The summed E-state index contributed by atoms with van der Waals surface area (Å²) in [6, 6.07) is -0.892. The highest BCUT2D eigenvalue weighted by atomic mass is 127. The van der Waals surface area contributed by atoms with Crippen LogP contribution in [0.4, 0.5) is 21.9 Å². The number of nitro benzene ring substituents is 2. The van der Waals surface area contributed by atoms with Crippen LogP contribution in [0.15, 0.2) is 18.2 Å². The van der Waals surface area contributed by atoms with Gasteiger partial charge in [0.2, 0.25) is 5.91 Å². The molecule has 45 heavy (non-hydrogen) atoms. The molecule has 22 heteroatoms. The number of amides is 3. The van der Waals surface area contributed by atoms with E-state index < -0.39 is 76.0 Å². The second-order valence-corrected chi connectivity index (χ2v) is 10.3. The smallest absolute Gasteiger partial charge is 0.326 e. The van der Waals surface area contributed by atoms with Crippen LogP contribution in [0.25, 0.3) is 0 Å². The van der Waals surface area contributed by atoms with E-state index in [1.807, 2.05) is 27.9 Å². The molecule has 0 bridgehead atoms. The Balaban J connectivity index is 1.85. The third-order valence-corrected chi connectivity index (χ3v) is 6.85. The van der Waals surface area contributed by atoms with Gasteiger partial charge >= 0.3 is 23.9 Å². The quantitative estimate of drug-likeness (QED) is 0.0449. The first-order valence-corrected chi connectivity index (χ1v) is 14.0. The fraction of sp³-hybridized carbons (Fsp3) is 0.435. The van der Waals surface area contributed by atoms with Gasteiger partial charge in [0.15, 0.2) is 0 Å². The van der Waals surface area contributed by atoms with E-state index in [0.717, 1.165) is 12.1 Å². The summed E-state index contributed by atoms with van der Waals surface area (Å²) in [5.41, 5.74) is -0.563. The Bertz CT molecular complexity index is 1450. The lowest BCUT2D eigenvalue weighted by Crippen LogP contribution is -2.51. The van der Waals surface area contributed by atoms with Gasteiger partial charge in [-0.1, -0.05) is 5.21 Å². The van der Waals surface area contributed by atoms with Crippen molar-refractivity contribution in [1.29, 1.82) is 0 Å². The maximum Gasteiger partial charge on any atom is 0.326 e. The van der Waals surface area contributed by atoms with Gasteiger partial charge in [0, 0.05) is 19.0 Å². The van der Waals surface area contributed by atoms with Crippen molar-refractivity contribution in [3.8, 4) is 0 Å². The van der Waals surface area contributed by atoms with Crippen molar-refractivity contribution >= 4 is 69.5 Å². The van der Waals surface area contributed by atoms with Gasteiger partial charge in [-0.25, -0.2) is 19.1 Å². The zero-order chi connectivity index (χ0) is 33.7. The summed E-state index contributed by atoms with van der Waals surface area (Å²) < 4.78 is 1.65. The molecular formula is C23H28IN9O12. The number of carboxylic acids is 3. The molecule has 0 radical (unpaired) electrons. The van der Waals surface area contributed by atoms with Crippen LogP contribution in [0, 0.1) is 23.9 Å². The number of aliphatic carboxylic acids is 3. The second-order valence-electron chi connectivity index (χ2n) is 9.23. The third kappa shape index (κ3) is 11.8. The molecule has 1 heterocycles. The highest BCUT2D eigenvalue weighted by Gasteiger charge is 2.25. The molecule has 0 saturated heterocycles. The maximum absolute atomic E-state index is 12.5. The van der Waals surface area contributed by atoms with Crippen molar-refractivity contribution in [3.63, 3.8) is 0 Å². The van der Waals surface area contributed by atoms with Gasteiger partial charge in [-0.3, -0.25) is 29.8 Å². The van der Waals surface area contributed by atoms with Crippen LogP contribution in [0.1, 0.15) is 37.8 Å². The van der Waals surface area contributed by atoms with Crippen molar-refractivity contribution in [2.45, 2.75) is 57.3 Å². The lowest BCUT2D eigenvalue weighted by Gasteiger charge is -2.18. The molecule has 0 aliphatic heterocycles. The number of benzene rings is 1. The van der Waals surface area contributed by atoms with Crippen LogP contribution in [0.5, 0.6) is 0 Å². The maximum atomic E-state index is 12.5. The molecule has 0 unspecified atom stereocenters. The number of nitrogens with zero attached hydrogens (tertiary/aromatic N) is 5. The summed E-state index contributed by atoms with van der Waals surface area (Å²) in [5, 5.41) is 66.9. The van der Waals surface area contributed by atoms with E-state index in [9.17, 15) is 49.3 Å². The highest BCUT2D eigenvalue weighted by Crippen LogP contribution is 2.29. The number of anilines is 1. The lowest BCUT2D eigenvalue weighted by molar-refractivity contribution is -0.393. The van der Waals surface area contributed by atoms with Gasteiger partial charge in [-0.15, -0.1) is 5.10 Å². The normalized spacial score (nSPS) is 11.9. The SMILES string of the molecule is O=C(O)CC[C@@H](NC(=O)N[C@H](CCCCNC(=O)Cn1nnc(I)c1CNc1ccc([N+](=O)[O-])cc1[N+](=O)[O-])C(=O)O)C(=O)O. The fourth-order valence-electron chi connectivity index (χ4n) is 3.75. The summed E-state index contributed by atoms with van der Waals surface area (Å²) in [6.07, 6.45) is -0.431. The summed E-state index contributed by atoms with van der Waals surface area (Å²) >= 11 is 1.86. The van der Waals surface area contributed by atoms with E-state index >= 15 is 0 Å². The van der Waals surface area contributed by atoms with E-state index in [4.69, 9.17) is 10.2 Å². The Labute approximate surface area is 266 Å². The van der Waals surface area contributed by atoms with Crippen LogP contribution < -0.4 is 21.3 Å². The predicted octanol–water partition coefficient (Wildman–Crippen LogP) is 0.668. The minimum absolute atomic E-state index is 0.00475. The van der Waals surface area contributed by atoms with Crippen molar-refractivity contribution in [3.05, 3.63) is 47.8 Å². The number of nitro groups is 2. The molecule has 2 aromatic rings. The number of urea groups is 1. The Morgan fingerprint density at radius 1 is 0.956 bits per heavy atom. The summed E-state index contributed by atoms with van der Waals surface area (Å²) in [6.45, 7) is -0.204. The fourth-order valence-corrected chi connectivity index (χ4v) is 4.32. The van der Waals surface area contributed by atoms with E-state index in [-0.39, 0.29) is 38.2 Å². The van der Waals surface area contributed by atoms with Crippen molar-refractivity contribution in [1.82, 2.24) is 30.9 Å². The van der Waals surface area contributed by atoms with Crippen LogP contribution in [0.3, 0.4) is 0 Å². The number of halogens is 1. The molecule has 7 N–H and O–H groups in total. The molecule has 0 aliphatic carbocycles. The Kier molecular flexibility index (Phi) is 13.8. The van der Waals surface area contributed by atoms with Crippen molar-refractivity contribution in [2.24, 2.45) is 0 Å². The molecule has 3 amide bonds. The first kappa shape index (κ1) is 36.0. The zero-order valence-corrected chi connectivity index (χ0v) is 25.3. The summed E-state index contributed by atoms with van der Waals surface area (Å²) in [5.74, 6) is -4.60. The standard InChI is InChI=1S/C23H28IN9O12/c24-20-17(10-26-13-5-4-12(32(42)43)9-16(13)33(44)45)31(30-29-20)11-18(34)25-8-2-1-3-14(21(37)38)27-23(41)28-15(22(39)40)6-7-19(35)36/h4-5,9,14-15,26H,1-3,6-8,10-11H2,(H,25,34)(H,35,36)(H,37,38)(H,39,40)(H2,27,28,41)/t14-,15-/m1/s1. The third-order valence-electron chi connectivity index (χ3n) is 6.01. The molecule has 1 aromatic carbocycles. The van der Waals surface area contributed by atoms with Crippen LogP contribution in [-0.2, 0) is 32.3 Å². The lowest BCUT2D eigenvalue weighted by atomic mass is 10.1. The van der Waals surface area contributed by atoms with Gasteiger partial charge < -0.3 is 36.6 Å². The van der Waals surface area contributed by atoms with Crippen molar-refractivity contribution in [2.75, 3.05) is 11.9 Å². The number of rotatable bonds is 19. The summed E-state index contributed by atoms with van der Waals surface area (Å²) in [4.78, 5) is 78.8. The van der Waals surface area contributed by atoms with Crippen molar-refractivity contribution < 1.29 is 49.1 Å². The number of hydrogen-bond donors (Lipinski definition) is 7. The van der Waals surface area contributed by atoms with Crippen LogP contribution >= 0.6 is 22.6 Å². The number of carbonyl (C=O) groups is 5. The molecular weight excluding hydrogens is 721 g/mol. The predicted molar refractivity (Wildman–Crippen MR) is 158 cm³/mol. The van der Waals surface area contributed by atoms with Gasteiger partial charge in [0.1, 0.15) is 28.0 Å². The molecule has 21 nitrogen and oxygen atoms in total. The van der Waals surface area contributed by atoms with E-state index in [1.54, 1.807) is 0 Å². The van der Waals surface area contributed by atoms with E-state index in [2.05, 4.69) is 26.3 Å². The first-order chi connectivity index (χ1) is 21.2. The Hall–Kier alpha value is -5.16. The van der Waals surface area contributed by atoms with Gasteiger partial charge in [-0.2, -0.15) is 0 Å². The van der Waals surface area contributed by atoms with E-state index in [1.165, 1.54) is 10.7 Å². The molecule has 1 aromatic heterocycles. The first-order valence-electron chi connectivity index (χ1n) is 12.9. The number of carboxylic acid groups (broad SMARTS) is 3. The van der Waals surface area contributed by atoms with Crippen LogP contribution in [0.2, 0.25) is 0 Å². The monoisotopic (exact) mass is 749 g/mol. The number of hydrogen-bond acceptors (Lipinski definition) is 12. The molecule has 2 atom stereocenters. The molecule has 0 saturated carbocycles. The van der Waals surface area contributed by atoms with Gasteiger partial charge in [0.25, 0.3) is 11.4 Å². The summed E-state index contributed by atoms with van der Waals surface area (Å²) in [7, 11) is 0. The highest BCUT2D eigenvalue weighted by molar-refractivity contribution is 14.1. The topological polar surface area (TPSA) is 311 Å². The number of unbranched alkanes of at least 4 members (excludes halogenated alkanes) is 1. The molecule has 244 valence electrons.